The molecule has 3 aromatic rings. The van der Waals surface area contributed by atoms with E-state index in [4.69, 9.17) is 4.74 Å². The summed E-state index contributed by atoms with van der Waals surface area (Å²) in [7, 11) is 1.68. The van der Waals surface area contributed by atoms with E-state index in [1.54, 1.807) is 7.11 Å². The molecule has 1 amide bonds. The molecule has 0 unspecified atom stereocenters. The number of piperidine rings is 1. The maximum absolute atomic E-state index is 12.7. The van der Waals surface area contributed by atoms with Crippen molar-refractivity contribution in [3.05, 3.63) is 64.8 Å². The number of aryl methyl sites for hydroxylation is 2. The first-order valence-electron chi connectivity index (χ1n) is 11.0. The number of methoxy groups -OCH3 is 1. The minimum atomic E-state index is 0.0529. The van der Waals surface area contributed by atoms with Gasteiger partial charge in [-0.15, -0.1) is 0 Å². The molecule has 0 radical (unpaired) electrons. The number of aromatic nitrogens is 1. The van der Waals surface area contributed by atoms with E-state index < -0.39 is 0 Å². The number of fused-ring (bicyclic) bond motifs is 1. The zero-order chi connectivity index (χ0) is 22.0. The van der Waals surface area contributed by atoms with Crippen molar-refractivity contribution in [3.63, 3.8) is 0 Å². The van der Waals surface area contributed by atoms with Crippen LogP contribution < -0.4 is 4.74 Å². The quantitative estimate of drug-likeness (QED) is 0.562. The predicted octanol–water partition coefficient (Wildman–Crippen LogP) is 5.16. The van der Waals surface area contributed by atoms with Crippen LogP contribution in [0.2, 0.25) is 0 Å². The van der Waals surface area contributed by atoms with Gasteiger partial charge in [0.1, 0.15) is 5.75 Å². The smallest absolute Gasteiger partial charge is 0.223 e. The van der Waals surface area contributed by atoms with Crippen molar-refractivity contribution in [2.45, 2.75) is 45.4 Å². The van der Waals surface area contributed by atoms with Crippen molar-refractivity contribution in [1.82, 2.24) is 9.88 Å². The van der Waals surface area contributed by atoms with Crippen LogP contribution in [0.5, 0.6) is 5.75 Å². The number of likely N-dealkylation sites (tertiary alicyclic amines) is 1. The number of Topliss-reactive ketones (excluding diaryl/α,β-unsaturated/α-hetero) is 1. The van der Waals surface area contributed by atoms with Crippen molar-refractivity contribution in [2.75, 3.05) is 20.2 Å². The first-order valence-corrected chi connectivity index (χ1v) is 11.0. The van der Waals surface area contributed by atoms with E-state index in [1.165, 1.54) is 10.9 Å². The lowest BCUT2D eigenvalue weighted by Crippen LogP contribution is -2.38. The maximum Gasteiger partial charge on any atom is 0.223 e. The Balaban J connectivity index is 1.34. The minimum Gasteiger partial charge on any atom is -0.497 e. The van der Waals surface area contributed by atoms with Crippen molar-refractivity contribution in [3.8, 4) is 5.75 Å². The second-order valence-corrected chi connectivity index (χ2v) is 8.55. The summed E-state index contributed by atoms with van der Waals surface area (Å²) in [5, 5.41) is 1.20. The lowest BCUT2D eigenvalue weighted by molar-refractivity contribution is -0.132. The van der Waals surface area contributed by atoms with E-state index in [1.807, 2.05) is 49.1 Å². The van der Waals surface area contributed by atoms with Gasteiger partial charge in [0.25, 0.3) is 0 Å². The molecule has 5 nitrogen and oxygen atoms in total. The summed E-state index contributed by atoms with van der Waals surface area (Å²) in [6.45, 7) is 5.39. The molecule has 2 heterocycles. The Hall–Kier alpha value is -3.08. The first-order chi connectivity index (χ1) is 15.0. The number of aromatic amines is 1. The number of H-pyrrole nitrogens is 1. The summed E-state index contributed by atoms with van der Waals surface area (Å²) < 4.78 is 5.38. The third kappa shape index (κ3) is 4.50. The zero-order valence-electron chi connectivity index (χ0n) is 18.5. The van der Waals surface area contributed by atoms with Gasteiger partial charge in [-0.25, -0.2) is 0 Å². The van der Waals surface area contributed by atoms with Gasteiger partial charge in [-0.1, -0.05) is 17.7 Å². The molecule has 5 heteroatoms. The molecule has 1 saturated heterocycles. The van der Waals surface area contributed by atoms with E-state index in [2.05, 4.69) is 17.2 Å². The van der Waals surface area contributed by atoms with Crippen LogP contribution >= 0.6 is 0 Å². The molecule has 2 aromatic carbocycles. The third-order valence-corrected chi connectivity index (χ3v) is 6.47. The van der Waals surface area contributed by atoms with Gasteiger partial charge in [0.2, 0.25) is 5.91 Å². The van der Waals surface area contributed by atoms with E-state index in [9.17, 15) is 9.59 Å². The largest absolute Gasteiger partial charge is 0.497 e. The number of hydrogen-bond acceptors (Lipinski definition) is 3. The molecule has 1 aliphatic rings. The molecule has 0 atom stereocenters. The molecule has 162 valence electrons. The number of amides is 1. The standard InChI is InChI=1S/C26H30N2O3/c1-17-4-5-18(2)21(14-17)25(29)8-9-26(30)28-12-10-19(11-13-28)23-16-27-24-7-6-20(31-3)15-22(23)24/h4-7,14-16,19,27H,8-13H2,1-3H3. The lowest BCUT2D eigenvalue weighted by atomic mass is 9.89. The summed E-state index contributed by atoms with van der Waals surface area (Å²) in [6.07, 6.45) is 4.50. The van der Waals surface area contributed by atoms with Gasteiger partial charge in [0.05, 0.1) is 7.11 Å². The maximum atomic E-state index is 12.7. The number of nitrogens with zero attached hydrogens (tertiary/aromatic N) is 1. The van der Waals surface area contributed by atoms with Crippen LogP contribution in [0, 0.1) is 13.8 Å². The molecule has 0 saturated carbocycles. The van der Waals surface area contributed by atoms with Crippen LogP contribution in [0.3, 0.4) is 0 Å². The Morgan fingerprint density at radius 1 is 1.06 bits per heavy atom. The van der Waals surface area contributed by atoms with Crippen LogP contribution in [0.25, 0.3) is 10.9 Å². The zero-order valence-corrected chi connectivity index (χ0v) is 18.5. The van der Waals surface area contributed by atoms with Crippen LogP contribution in [-0.4, -0.2) is 41.8 Å². The fraction of sp³-hybridized carbons (Fsp3) is 0.385. The Bertz CT molecular complexity index is 1110. The molecule has 1 fully saturated rings. The van der Waals surface area contributed by atoms with Crippen molar-refractivity contribution >= 4 is 22.6 Å². The van der Waals surface area contributed by atoms with Crippen LogP contribution in [0.1, 0.15) is 58.6 Å². The molecule has 31 heavy (non-hydrogen) atoms. The van der Waals surface area contributed by atoms with Crippen LogP contribution in [0.15, 0.2) is 42.6 Å². The van der Waals surface area contributed by atoms with Gasteiger partial charge in [0, 0.05) is 48.6 Å². The van der Waals surface area contributed by atoms with Crippen molar-refractivity contribution in [1.29, 1.82) is 0 Å². The highest BCUT2D eigenvalue weighted by atomic mass is 16.5. The molecule has 0 spiro atoms. The first kappa shape index (κ1) is 21.2. The molecule has 4 rings (SSSR count). The molecule has 1 aromatic heterocycles. The highest BCUT2D eigenvalue weighted by Gasteiger charge is 2.26. The summed E-state index contributed by atoms with van der Waals surface area (Å²) in [6, 6.07) is 12.0. The van der Waals surface area contributed by atoms with Crippen molar-refractivity contribution in [2.24, 2.45) is 0 Å². The van der Waals surface area contributed by atoms with Gasteiger partial charge in [0.15, 0.2) is 5.78 Å². The Kier molecular flexibility index (Phi) is 6.12. The fourth-order valence-electron chi connectivity index (χ4n) is 4.58. The summed E-state index contributed by atoms with van der Waals surface area (Å²) in [5.41, 5.74) is 5.18. The van der Waals surface area contributed by atoms with E-state index in [-0.39, 0.29) is 24.5 Å². The number of ether oxygens (including phenoxy) is 1. The number of benzene rings is 2. The van der Waals surface area contributed by atoms with Gasteiger partial charge < -0.3 is 14.6 Å². The van der Waals surface area contributed by atoms with E-state index in [0.717, 1.165) is 53.9 Å². The average Bonchev–Trinajstić information content (AvgIpc) is 3.22. The summed E-state index contributed by atoms with van der Waals surface area (Å²) >= 11 is 0. The Morgan fingerprint density at radius 3 is 2.58 bits per heavy atom. The minimum absolute atomic E-state index is 0.0529. The van der Waals surface area contributed by atoms with Crippen LogP contribution in [-0.2, 0) is 4.79 Å². The Morgan fingerprint density at radius 2 is 1.84 bits per heavy atom. The second-order valence-electron chi connectivity index (χ2n) is 8.55. The molecule has 0 aliphatic carbocycles. The van der Waals surface area contributed by atoms with Gasteiger partial charge in [-0.2, -0.15) is 0 Å². The number of carbonyl (C=O) groups is 2. The number of ketones is 1. The van der Waals surface area contributed by atoms with E-state index in [0.29, 0.717) is 5.92 Å². The number of rotatable bonds is 6. The third-order valence-electron chi connectivity index (χ3n) is 6.47. The van der Waals surface area contributed by atoms with Gasteiger partial charge >= 0.3 is 0 Å². The molecular weight excluding hydrogens is 388 g/mol. The van der Waals surface area contributed by atoms with Gasteiger partial charge in [-0.05, 0) is 68.0 Å². The monoisotopic (exact) mass is 418 g/mol. The average molecular weight is 419 g/mol. The molecule has 0 bridgehead atoms. The number of hydrogen-bond donors (Lipinski definition) is 1. The fourth-order valence-corrected chi connectivity index (χ4v) is 4.58. The highest BCUT2D eigenvalue weighted by Crippen LogP contribution is 2.34. The Labute approximate surface area is 183 Å². The summed E-state index contributed by atoms with van der Waals surface area (Å²) in [5.74, 6) is 1.41. The van der Waals surface area contributed by atoms with Crippen molar-refractivity contribution < 1.29 is 14.3 Å². The normalized spacial score (nSPS) is 14.7. The topological polar surface area (TPSA) is 62.4 Å². The number of nitrogens with one attached hydrogen (secondary N) is 1. The SMILES string of the molecule is COc1ccc2[nH]cc(C3CCN(C(=O)CCC(=O)c4cc(C)ccc4C)CC3)c2c1. The number of carbonyl (C=O) groups excluding carboxylic acids is 2. The molecular formula is C26H30N2O3. The predicted molar refractivity (Wildman–Crippen MR) is 123 cm³/mol. The summed E-state index contributed by atoms with van der Waals surface area (Å²) in [4.78, 5) is 30.6. The van der Waals surface area contributed by atoms with Gasteiger partial charge in [-0.3, -0.25) is 9.59 Å². The van der Waals surface area contributed by atoms with E-state index >= 15 is 0 Å². The van der Waals surface area contributed by atoms with Crippen LogP contribution in [0.4, 0.5) is 0 Å². The highest BCUT2D eigenvalue weighted by molar-refractivity contribution is 5.99. The lowest BCUT2D eigenvalue weighted by Gasteiger charge is -2.32. The second kappa shape index (κ2) is 8.96. The molecule has 1 N–H and O–H groups in total. The molecule has 1 aliphatic heterocycles.